The van der Waals surface area contributed by atoms with Gasteiger partial charge in [-0.15, -0.1) is 0 Å². The summed E-state index contributed by atoms with van der Waals surface area (Å²) in [6, 6.07) is 12.2. The number of rotatable bonds is 6. The van der Waals surface area contributed by atoms with Crippen LogP contribution in [-0.2, 0) is 25.5 Å². The van der Waals surface area contributed by atoms with Crippen molar-refractivity contribution in [1.82, 2.24) is 0 Å². The topological polar surface area (TPSA) is 75.7 Å². The molecule has 29 heavy (non-hydrogen) atoms. The van der Waals surface area contributed by atoms with E-state index in [1.54, 1.807) is 17.0 Å². The van der Waals surface area contributed by atoms with Gasteiger partial charge in [0.25, 0.3) is 5.91 Å². The Kier molecular flexibility index (Phi) is 6.77. The highest BCUT2D eigenvalue weighted by atomic mass is 35.5. The van der Waals surface area contributed by atoms with Crippen molar-refractivity contribution in [2.45, 2.75) is 19.8 Å². The van der Waals surface area contributed by atoms with Crippen LogP contribution in [-0.4, -0.2) is 30.9 Å². The van der Waals surface area contributed by atoms with Crippen LogP contribution < -0.4 is 10.2 Å². The number of nitrogens with zero attached hydrogens (tertiary/aromatic N) is 1. The fourth-order valence-corrected chi connectivity index (χ4v) is 3.66. The summed E-state index contributed by atoms with van der Waals surface area (Å²) in [6.07, 6.45) is 0.837. The van der Waals surface area contributed by atoms with Gasteiger partial charge in [0.15, 0.2) is 6.61 Å². The van der Waals surface area contributed by atoms with Crippen LogP contribution in [0.3, 0.4) is 0 Å². The molecule has 2 aromatic carbocycles. The molecule has 2 amide bonds. The summed E-state index contributed by atoms with van der Waals surface area (Å²) < 4.78 is 5.11. The van der Waals surface area contributed by atoms with Crippen LogP contribution in [0, 0.1) is 5.92 Å². The molecule has 1 heterocycles. The fourth-order valence-electron chi connectivity index (χ4n) is 3.20. The Hall–Kier alpha value is -2.57. The molecule has 1 atom stereocenters. The van der Waals surface area contributed by atoms with Crippen LogP contribution in [0.2, 0.25) is 10.0 Å². The smallest absolute Gasteiger partial charge is 0.311 e. The Morgan fingerprint density at radius 2 is 1.97 bits per heavy atom. The highest BCUT2D eigenvalue weighted by Crippen LogP contribution is 2.29. The largest absolute Gasteiger partial charge is 0.455 e. The first-order chi connectivity index (χ1) is 13.9. The predicted octanol–water partition coefficient (Wildman–Crippen LogP) is 4.09. The van der Waals surface area contributed by atoms with Gasteiger partial charge in [0.2, 0.25) is 5.91 Å². The third-order valence-corrected chi connectivity index (χ3v) is 5.22. The maximum atomic E-state index is 12.4. The first-order valence-corrected chi connectivity index (χ1v) is 9.94. The summed E-state index contributed by atoms with van der Waals surface area (Å²) in [5.41, 5.74) is 2.22. The summed E-state index contributed by atoms with van der Waals surface area (Å²) >= 11 is 11.8. The Bertz CT molecular complexity index is 948. The molecule has 6 nitrogen and oxygen atoms in total. The molecular formula is C21H20Cl2N2O4. The average Bonchev–Trinajstić information content (AvgIpc) is 3.09. The van der Waals surface area contributed by atoms with Gasteiger partial charge in [0.1, 0.15) is 0 Å². The van der Waals surface area contributed by atoms with E-state index in [1.165, 1.54) is 6.07 Å². The number of hydrogen-bond acceptors (Lipinski definition) is 4. The van der Waals surface area contributed by atoms with Crippen LogP contribution in [0.15, 0.2) is 42.5 Å². The molecule has 0 unspecified atom stereocenters. The summed E-state index contributed by atoms with van der Waals surface area (Å²) in [4.78, 5) is 38.4. The van der Waals surface area contributed by atoms with E-state index in [-0.39, 0.29) is 23.9 Å². The zero-order valence-corrected chi connectivity index (χ0v) is 17.3. The number of carbonyl (C=O) groups is 3. The molecule has 1 N–H and O–H groups in total. The second-order valence-corrected chi connectivity index (χ2v) is 7.51. The van der Waals surface area contributed by atoms with E-state index in [1.807, 2.05) is 31.2 Å². The van der Waals surface area contributed by atoms with E-state index >= 15 is 0 Å². The first kappa shape index (κ1) is 21.1. The molecule has 1 aliphatic heterocycles. The Morgan fingerprint density at radius 3 is 2.69 bits per heavy atom. The lowest BCUT2D eigenvalue weighted by molar-refractivity contribution is -0.151. The van der Waals surface area contributed by atoms with Gasteiger partial charge in [-0.3, -0.25) is 14.4 Å². The minimum absolute atomic E-state index is 0.0571. The van der Waals surface area contributed by atoms with Gasteiger partial charge in [-0.05, 0) is 36.2 Å². The average molecular weight is 435 g/mol. The summed E-state index contributed by atoms with van der Waals surface area (Å²) in [5, 5.41) is 3.28. The van der Waals surface area contributed by atoms with Gasteiger partial charge in [-0.1, -0.05) is 48.3 Å². The monoisotopic (exact) mass is 434 g/mol. The van der Waals surface area contributed by atoms with E-state index in [9.17, 15) is 14.4 Å². The number of esters is 1. The second-order valence-electron chi connectivity index (χ2n) is 6.67. The summed E-state index contributed by atoms with van der Waals surface area (Å²) in [6.45, 7) is 1.78. The van der Waals surface area contributed by atoms with Crippen molar-refractivity contribution in [3.8, 4) is 0 Å². The van der Waals surface area contributed by atoms with Crippen molar-refractivity contribution in [2.24, 2.45) is 5.92 Å². The number of benzene rings is 2. The van der Waals surface area contributed by atoms with E-state index in [4.69, 9.17) is 27.9 Å². The molecule has 3 rings (SSSR count). The normalized spacial score (nSPS) is 16.0. The number of carbonyl (C=O) groups excluding carboxylic acids is 3. The molecule has 1 aliphatic rings. The lowest BCUT2D eigenvalue weighted by Crippen LogP contribution is -2.28. The number of ether oxygens (including phenoxy) is 1. The first-order valence-electron chi connectivity index (χ1n) is 9.18. The van der Waals surface area contributed by atoms with Crippen molar-refractivity contribution < 1.29 is 19.1 Å². The molecule has 0 radical (unpaired) electrons. The molecule has 0 aromatic heterocycles. The molecule has 152 valence electrons. The maximum absolute atomic E-state index is 12.4. The molecule has 0 aliphatic carbocycles. The highest BCUT2D eigenvalue weighted by Gasteiger charge is 2.37. The summed E-state index contributed by atoms with van der Waals surface area (Å²) in [5.74, 6) is -1.85. The van der Waals surface area contributed by atoms with Crippen molar-refractivity contribution in [1.29, 1.82) is 0 Å². The lowest BCUT2D eigenvalue weighted by atomic mass is 10.1. The van der Waals surface area contributed by atoms with Crippen LogP contribution in [0.4, 0.5) is 11.4 Å². The number of halogens is 2. The predicted molar refractivity (Wildman–Crippen MR) is 112 cm³/mol. The molecule has 0 bridgehead atoms. The molecular weight excluding hydrogens is 415 g/mol. The highest BCUT2D eigenvalue weighted by molar-refractivity contribution is 6.36. The third-order valence-electron chi connectivity index (χ3n) is 4.67. The van der Waals surface area contributed by atoms with Crippen LogP contribution >= 0.6 is 23.2 Å². The van der Waals surface area contributed by atoms with Crippen molar-refractivity contribution >= 4 is 52.4 Å². The number of aryl methyl sites for hydroxylation is 1. The van der Waals surface area contributed by atoms with Gasteiger partial charge >= 0.3 is 5.97 Å². The number of anilines is 2. The molecule has 0 saturated carbocycles. The Morgan fingerprint density at radius 1 is 1.21 bits per heavy atom. The van der Waals surface area contributed by atoms with Crippen LogP contribution in [0.5, 0.6) is 0 Å². The molecule has 1 saturated heterocycles. The standard InChI is InChI=1S/C21H20Cl2N2O4/c1-2-13-5-3-4-6-18(13)25-11-14(9-20(25)27)21(28)29-12-19(26)24-17-8-7-15(22)10-16(17)23/h3-8,10,14H,2,9,11-12H2,1H3,(H,24,26)/t14-/m0/s1. The zero-order valence-electron chi connectivity index (χ0n) is 15.8. The van der Waals surface area contributed by atoms with Gasteiger partial charge in [-0.2, -0.15) is 0 Å². The van der Waals surface area contributed by atoms with Crippen molar-refractivity contribution in [3.63, 3.8) is 0 Å². The van der Waals surface area contributed by atoms with E-state index in [0.717, 1.165) is 17.7 Å². The van der Waals surface area contributed by atoms with Gasteiger partial charge < -0.3 is 15.0 Å². The number of amides is 2. The fraction of sp³-hybridized carbons (Fsp3) is 0.286. The number of hydrogen-bond donors (Lipinski definition) is 1. The quantitative estimate of drug-likeness (QED) is 0.694. The van der Waals surface area contributed by atoms with E-state index < -0.39 is 24.4 Å². The second kappa shape index (κ2) is 9.29. The summed E-state index contributed by atoms with van der Waals surface area (Å²) in [7, 11) is 0. The number of para-hydroxylation sites is 1. The molecule has 2 aromatic rings. The lowest BCUT2D eigenvalue weighted by Gasteiger charge is -2.19. The van der Waals surface area contributed by atoms with Crippen LogP contribution in [0.1, 0.15) is 18.9 Å². The van der Waals surface area contributed by atoms with Crippen LogP contribution in [0.25, 0.3) is 0 Å². The Labute approximate surface area is 178 Å². The maximum Gasteiger partial charge on any atom is 0.311 e. The van der Waals surface area contributed by atoms with E-state index in [0.29, 0.717) is 10.7 Å². The van der Waals surface area contributed by atoms with Gasteiger partial charge in [0.05, 0.1) is 16.6 Å². The SMILES string of the molecule is CCc1ccccc1N1C[C@@H](C(=O)OCC(=O)Nc2ccc(Cl)cc2Cl)CC1=O. The molecule has 8 heteroatoms. The molecule has 0 spiro atoms. The van der Waals surface area contributed by atoms with Crippen molar-refractivity contribution in [3.05, 3.63) is 58.1 Å². The van der Waals surface area contributed by atoms with E-state index in [2.05, 4.69) is 5.32 Å². The minimum Gasteiger partial charge on any atom is -0.455 e. The minimum atomic E-state index is -0.612. The van der Waals surface area contributed by atoms with Crippen molar-refractivity contribution in [2.75, 3.05) is 23.4 Å². The third kappa shape index (κ3) is 5.08. The van der Waals surface area contributed by atoms with Gasteiger partial charge in [-0.25, -0.2) is 0 Å². The molecule has 1 fully saturated rings. The zero-order chi connectivity index (χ0) is 21.0. The number of nitrogens with one attached hydrogen (secondary N) is 1. The Balaban J connectivity index is 1.56. The van der Waals surface area contributed by atoms with Gasteiger partial charge in [0, 0.05) is 23.7 Å².